The third-order valence-electron chi connectivity index (χ3n) is 7.41. The van der Waals surface area contributed by atoms with E-state index in [1.54, 1.807) is 21.3 Å². The van der Waals surface area contributed by atoms with Crippen LogP contribution in [-0.4, -0.2) is 39.1 Å². The van der Waals surface area contributed by atoms with E-state index in [0.717, 1.165) is 49.5 Å². The highest BCUT2D eigenvalue weighted by molar-refractivity contribution is 6.48. The van der Waals surface area contributed by atoms with E-state index in [4.69, 9.17) is 14.3 Å². The van der Waals surface area contributed by atoms with Crippen LogP contribution in [0.5, 0.6) is 0 Å². The fourth-order valence-electron chi connectivity index (χ4n) is 4.52. The van der Waals surface area contributed by atoms with Crippen molar-refractivity contribution in [2.75, 3.05) is 0 Å². The predicted octanol–water partition coefficient (Wildman–Crippen LogP) is 6.07. The minimum Gasteiger partial charge on any atom is -0.427 e. The lowest BCUT2D eigenvalue weighted by molar-refractivity contribution is -0.0893. The van der Waals surface area contributed by atoms with Crippen molar-refractivity contribution in [1.29, 1.82) is 0 Å². The van der Waals surface area contributed by atoms with Gasteiger partial charge in [0.1, 0.15) is 11.0 Å². The van der Waals surface area contributed by atoms with Gasteiger partial charge in [0.15, 0.2) is 0 Å². The second kappa shape index (κ2) is 9.05. The smallest absolute Gasteiger partial charge is 0.330 e. The van der Waals surface area contributed by atoms with Crippen LogP contribution in [0, 0.1) is 0 Å². The van der Waals surface area contributed by atoms with Gasteiger partial charge in [-0.3, -0.25) is 0 Å². The molecule has 0 saturated heterocycles. The Kier molecular flexibility index (Phi) is 5.78. The highest BCUT2D eigenvalue weighted by atomic mass is 16.6. The number of hydrogen-bond acceptors (Lipinski definition) is 6. The molecule has 0 bridgehead atoms. The van der Waals surface area contributed by atoms with E-state index in [1.165, 1.54) is 0 Å². The molecule has 0 atom stereocenters. The number of aromatic nitrogens is 3. The summed E-state index contributed by atoms with van der Waals surface area (Å²) < 4.78 is 11.4. The Morgan fingerprint density at radius 3 is 2.11 bits per heavy atom. The summed E-state index contributed by atoms with van der Waals surface area (Å²) in [6, 6.07) is 28.4. The first-order chi connectivity index (χ1) is 18.2. The maximum absolute atomic E-state index is 10.5. The van der Waals surface area contributed by atoms with Crippen LogP contribution in [0.15, 0.2) is 89.6 Å². The number of hydrogen-bond donors (Lipinski definition) is 1. The van der Waals surface area contributed by atoms with E-state index >= 15 is 0 Å². The van der Waals surface area contributed by atoms with Gasteiger partial charge in [-0.1, -0.05) is 78.3 Å². The lowest BCUT2D eigenvalue weighted by atomic mass is 9.81. The van der Waals surface area contributed by atoms with E-state index in [0.29, 0.717) is 11.0 Å². The fraction of sp³-hybridized carbons (Fsp3) is 0.194. The number of pyridine rings is 1. The van der Waals surface area contributed by atoms with E-state index < -0.39 is 11.2 Å². The Balaban J connectivity index is 1.62. The second-order valence-corrected chi connectivity index (χ2v) is 10.6. The summed E-state index contributed by atoms with van der Waals surface area (Å²) in [4.78, 5) is 5.12. The molecule has 4 aromatic carbocycles. The normalized spacial score (nSPS) is 12.4. The molecule has 38 heavy (non-hydrogen) atoms. The van der Waals surface area contributed by atoms with Crippen molar-refractivity contribution in [3.05, 3.63) is 84.9 Å². The number of nitrogens with zero attached hydrogens (tertiary/aromatic N) is 3. The molecule has 7 heteroatoms. The number of rotatable bonds is 6. The van der Waals surface area contributed by atoms with Crippen LogP contribution in [0.1, 0.15) is 27.7 Å². The lowest BCUT2D eigenvalue weighted by Crippen LogP contribution is -2.49. The van der Waals surface area contributed by atoms with Gasteiger partial charge < -0.3 is 9.76 Å². The van der Waals surface area contributed by atoms with Gasteiger partial charge in [-0.25, -0.2) is 9.61 Å². The molecule has 0 unspecified atom stereocenters. The lowest BCUT2D eigenvalue weighted by Gasteiger charge is -2.37. The molecular weight excluding hydrogens is 473 g/mol. The van der Waals surface area contributed by atoms with Crippen LogP contribution in [0.4, 0.5) is 0 Å². The standard InChI is InChI=1S/C31H27BN3O3/c1-30(2,36)31(3,4)37-32-21-15-16-25-23(17-21)26-24(27(33-25)20-13-9-6-10-14-20)18-22(19-11-7-5-8-12-19)28-29(26)35-38-34-28/h5-18,36H,1-4H3. The van der Waals surface area contributed by atoms with Gasteiger partial charge in [-0.15, -0.1) is 0 Å². The van der Waals surface area contributed by atoms with Crippen molar-refractivity contribution < 1.29 is 14.4 Å². The van der Waals surface area contributed by atoms with E-state index in [9.17, 15) is 5.11 Å². The van der Waals surface area contributed by atoms with Gasteiger partial charge in [0.2, 0.25) is 0 Å². The van der Waals surface area contributed by atoms with Gasteiger partial charge in [0.25, 0.3) is 0 Å². The second-order valence-electron chi connectivity index (χ2n) is 10.6. The minimum atomic E-state index is -1.02. The van der Waals surface area contributed by atoms with Crippen molar-refractivity contribution in [2.24, 2.45) is 0 Å². The Labute approximate surface area is 221 Å². The molecule has 1 N–H and O–H groups in total. The highest BCUT2D eigenvalue weighted by Gasteiger charge is 2.35. The van der Waals surface area contributed by atoms with Gasteiger partial charge in [0.05, 0.1) is 22.4 Å². The summed E-state index contributed by atoms with van der Waals surface area (Å²) in [5.41, 5.74) is 5.09. The molecule has 0 fully saturated rings. The van der Waals surface area contributed by atoms with E-state index in [1.807, 2.05) is 68.4 Å². The molecule has 6 aromatic rings. The molecule has 0 aliphatic carbocycles. The summed E-state index contributed by atoms with van der Waals surface area (Å²) in [5.74, 6) is 0. The van der Waals surface area contributed by atoms with Crippen molar-refractivity contribution in [3.63, 3.8) is 0 Å². The van der Waals surface area contributed by atoms with Gasteiger partial charge >= 0.3 is 7.48 Å². The van der Waals surface area contributed by atoms with Crippen LogP contribution in [-0.2, 0) is 4.65 Å². The predicted molar refractivity (Wildman–Crippen MR) is 152 cm³/mol. The number of aliphatic hydroxyl groups is 1. The van der Waals surface area contributed by atoms with Crippen molar-refractivity contribution in [3.8, 4) is 22.4 Å². The molecule has 0 saturated carbocycles. The molecule has 6 rings (SSSR count). The zero-order valence-corrected chi connectivity index (χ0v) is 21.8. The quantitative estimate of drug-likeness (QED) is 0.221. The maximum atomic E-state index is 10.5. The number of fused-ring (bicyclic) bond motifs is 5. The molecular formula is C31H27BN3O3. The summed E-state index contributed by atoms with van der Waals surface area (Å²) in [5, 5.41) is 22.0. The average Bonchev–Trinajstić information content (AvgIpc) is 3.41. The van der Waals surface area contributed by atoms with Gasteiger partial charge in [-0.2, -0.15) is 0 Å². The molecule has 0 aliphatic heterocycles. The van der Waals surface area contributed by atoms with Crippen LogP contribution in [0.3, 0.4) is 0 Å². The summed E-state index contributed by atoms with van der Waals surface area (Å²) in [6.07, 6.45) is 0. The first-order valence-electron chi connectivity index (χ1n) is 12.6. The monoisotopic (exact) mass is 500 g/mol. The maximum Gasteiger partial charge on any atom is 0.330 e. The van der Waals surface area contributed by atoms with Crippen LogP contribution in [0.2, 0.25) is 0 Å². The zero-order chi connectivity index (χ0) is 26.5. The fourth-order valence-corrected chi connectivity index (χ4v) is 4.52. The first kappa shape index (κ1) is 24.3. The minimum absolute atomic E-state index is 0.681. The van der Waals surface area contributed by atoms with Gasteiger partial charge in [-0.05, 0) is 55.7 Å². The van der Waals surface area contributed by atoms with Crippen molar-refractivity contribution in [1.82, 2.24) is 15.3 Å². The first-order valence-corrected chi connectivity index (χ1v) is 12.6. The van der Waals surface area contributed by atoms with Gasteiger partial charge in [0, 0.05) is 27.3 Å². The topological polar surface area (TPSA) is 81.3 Å². The Morgan fingerprint density at radius 1 is 0.763 bits per heavy atom. The SMILES string of the molecule is CC(C)(O)C(C)(C)O[B]c1ccc2nc(-c3ccccc3)c3cc(-c4ccccc4)c4nonc4c3c2c1. The van der Waals surface area contributed by atoms with Crippen molar-refractivity contribution in [2.45, 2.75) is 38.9 Å². The molecule has 1 radical (unpaired) electrons. The summed E-state index contributed by atoms with van der Waals surface area (Å²) >= 11 is 0. The summed E-state index contributed by atoms with van der Waals surface area (Å²) in [7, 11) is 1.69. The Hall–Kier alpha value is -4.07. The van der Waals surface area contributed by atoms with Crippen LogP contribution >= 0.6 is 0 Å². The largest absolute Gasteiger partial charge is 0.427 e. The Bertz CT molecular complexity index is 1780. The molecule has 0 spiro atoms. The summed E-state index contributed by atoms with van der Waals surface area (Å²) in [6.45, 7) is 7.21. The number of benzene rings is 4. The molecule has 6 nitrogen and oxygen atoms in total. The van der Waals surface area contributed by atoms with E-state index in [-0.39, 0.29) is 0 Å². The van der Waals surface area contributed by atoms with Crippen LogP contribution < -0.4 is 5.46 Å². The van der Waals surface area contributed by atoms with Crippen LogP contribution in [0.25, 0.3) is 55.1 Å². The highest BCUT2D eigenvalue weighted by Crippen LogP contribution is 2.40. The third-order valence-corrected chi connectivity index (χ3v) is 7.41. The average molecular weight is 500 g/mol. The molecule has 0 aliphatic rings. The molecule has 187 valence electrons. The van der Waals surface area contributed by atoms with E-state index in [2.05, 4.69) is 40.6 Å². The molecule has 0 amide bonds. The zero-order valence-electron chi connectivity index (χ0n) is 21.8. The molecule has 2 aromatic heterocycles. The third kappa shape index (κ3) is 4.14. The van der Waals surface area contributed by atoms with Crippen molar-refractivity contribution >= 4 is 45.7 Å². The Morgan fingerprint density at radius 2 is 1.42 bits per heavy atom. The molecule has 2 heterocycles.